The number of nitrogen functional groups attached to an aromatic ring is 2. The highest BCUT2D eigenvalue weighted by atomic mass is 14.6. The Morgan fingerprint density at radius 1 is 0.895 bits per heavy atom. The van der Waals surface area contributed by atoms with Crippen molar-refractivity contribution in [2.45, 2.75) is 33.1 Å². The van der Waals surface area contributed by atoms with Crippen LogP contribution in [0.3, 0.4) is 0 Å². The van der Waals surface area contributed by atoms with E-state index in [9.17, 15) is 0 Å². The number of anilines is 2. The first-order valence-corrected chi connectivity index (χ1v) is 6.57. The average Bonchev–Trinajstić information content (AvgIpc) is 2.41. The molecule has 2 heteroatoms. The number of aryl methyl sites for hydroxylation is 1. The zero-order valence-electron chi connectivity index (χ0n) is 12.1. The molecular formula is C17H22N2. The summed E-state index contributed by atoms with van der Waals surface area (Å²) in [5, 5.41) is 0. The fraction of sp³-hybridized carbons (Fsp3) is 0.294. The van der Waals surface area contributed by atoms with Crippen molar-refractivity contribution in [3.63, 3.8) is 0 Å². The summed E-state index contributed by atoms with van der Waals surface area (Å²) >= 11 is 0. The molecule has 2 aromatic rings. The van der Waals surface area contributed by atoms with Gasteiger partial charge in [0.2, 0.25) is 0 Å². The minimum atomic E-state index is -0.130. The molecule has 0 bridgehead atoms. The van der Waals surface area contributed by atoms with Gasteiger partial charge >= 0.3 is 0 Å². The molecule has 0 atom stereocenters. The van der Waals surface area contributed by atoms with Crippen molar-refractivity contribution in [1.82, 2.24) is 0 Å². The van der Waals surface area contributed by atoms with E-state index in [2.05, 4.69) is 44.2 Å². The second kappa shape index (κ2) is 4.61. The van der Waals surface area contributed by atoms with Gasteiger partial charge in [0.05, 0.1) is 0 Å². The van der Waals surface area contributed by atoms with E-state index in [0.29, 0.717) is 0 Å². The average molecular weight is 254 g/mol. The number of hydrogen-bond acceptors (Lipinski definition) is 2. The Labute approximate surface area is 115 Å². The molecule has 0 radical (unpaired) electrons. The Morgan fingerprint density at radius 3 is 2.05 bits per heavy atom. The van der Waals surface area contributed by atoms with Crippen LogP contribution in [0.1, 0.15) is 36.1 Å². The van der Waals surface area contributed by atoms with Gasteiger partial charge in [-0.15, -0.1) is 0 Å². The predicted molar refractivity (Wildman–Crippen MR) is 83.3 cm³/mol. The van der Waals surface area contributed by atoms with Crippen molar-refractivity contribution in [3.8, 4) is 0 Å². The molecule has 0 aliphatic carbocycles. The van der Waals surface area contributed by atoms with Gasteiger partial charge in [0.1, 0.15) is 0 Å². The minimum Gasteiger partial charge on any atom is -0.398 e. The van der Waals surface area contributed by atoms with Crippen LogP contribution in [0, 0.1) is 13.8 Å². The molecule has 0 spiro atoms. The summed E-state index contributed by atoms with van der Waals surface area (Å²) in [5.74, 6) is 0. The summed E-state index contributed by atoms with van der Waals surface area (Å²) in [5.41, 5.74) is 18.3. The van der Waals surface area contributed by atoms with Gasteiger partial charge in [-0.2, -0.15) is 0 Å². The number of rotatable bonds is 2. The Morgan fingerprint density at radius 2 is 1.47 bits per heavy atom. The van der Waals surface area contributed by atoms with Gasteiger partial charge < -0.3 is 11.5 Å². The molecule has 2 rings (SSSR count). The summed E-state index contributed by atoms with van der Waals surface area (Å²) < 4.78 is 0. The van der Waals surface area contributed by atoms with Gasteiger partial charge in [0.15, 0.2) is 0 Å². The predicted octanol–water partition coefficient (Wildman–Crippen LogP) is 3.79. The highest BCUT2D eigenvalue weighted by Gasteiger charge is 2.26. The largest absolute Gasteiger partial charge is 0.398 e. The van der Waals surface area contributed by atoms with Crippen LogP contribution in [0.4, 0.5) is 11.4 Å². The van der Waals surface area contributed by atoms with E-state index < -0.39 is 0 Å². The molecule has 0 fully saturated rings. The third kappa shape index (κ3) is 2.19. The maximum Gasteiger partial charge on any atom is 0.0406 e. The van der Waals surface area contributed by atoms with E-state index in [4.69, 9.17) is 11.5 Å². The molecule has 0 aliphatic rings. The van der Waals surface area contributed by atoms with Crippen LogP contribution in [-0.2, 0) is 5.41 Å². The summed E-state index contributed by atoms with van der Waals surface area (Å²) in [4.78, 5) is 0. The maximum atomic E-state index is 6.30. The van der Waals surface area contributed by atoms with E-state index in [-0.39, 0.29) is 5.41 Å². The number of hydrogen-bond donors (Lipinski definition) is 2. The first-order chi connectivity index (χ1) is 8.85. The van der Waals surface area contributed by atoms with E-state index in [1.807, 2.05) is 19.9 Å². The second-order valence-electron chi connectivity index (χ2n) is 5.68. The molecule has 0 amide bonds. The fourth-order valence-electron chi connectivity index (χ4n) is 2.54. The van der Waals surface area contributed by atoms with E-state index >= 15 is 0 Å². The van der Waals surface area contributed by atoms with Gasteiger partial charge in [0.25, 0.3) is 0 Å². The van der Waals surface area contributed by atoms with Gasteiger partial charge in [-0.05, 0) is 36.1 Å². The van der Waals surface area contributed by atoms with Crippen molar-refractivity contribution >= 4 is 11.4 Å². The van der Waals surface area contributed by atoms with Crippen molar-refractivity contribution in [2.75, 3.05) is 11.5 Å². The number of nitrogens with two attached hydrogens (primary N) is 2. The van der Waals surface area contributed by atoms with Gasteiger partial charge in [-0.25, -0.2) is 0 Å². The van der Waals surface area contributed by atoms with Crippen LogP contribution in [0.15, 0.2) is 36.4 Å². The standard InChI is InChI=1S/C17H22N2/c1-11-10-14(16(19)12(2)15(11)18)17(3,4)13-8-6-5-7-9-13/h5-10H,18-19H2,1-4H3. The van der Waals surface area contributed by atoms with Crippen LogP contribution in [0.5, 0.6) is 0 Å². The van der Waals surface area contributed by atoms with Crippen molar-refractivity contribution < 1.29 is 0 Å². The van der Waals surface area contributed by atoms with Gasteiger partial charge in [-0.1, -0.05) is 50.2 Å². The first kappa shape index (κ1) is 13.5. The lowest BCUT2D eigenvalue weighted by atomic mass is 9.76. The van der Waals surface area contributed by atoms with Crippen LogP contribution < -0.4 is 11.5 Å². The molecule has 2 aromatic carbocycles. The van der Waals surface area contributed by atoms with E-state index in [1.54, 1.807) is 0 Å². The van der Waals surface area contributed by atoms with Crippen molar-refractivity contribution in [2.24, 2.45) is 0 Å². The van der Waals surface area contributed by atoms with Crippen LogP contribution in [0.25, 0.3) is 0 Å². The smallest absolute Gasteiger partial charge is 0.0406 e. The summed E-state index contributed by atoms with van der Waals surface area (Å²) in [6.07, 6.45) is 0. The molecule has 4 N–H and O–H groups in total. The quantitative estimate of drug-likeness (QED) is 0.801. The Hall–Kier alpha value is -1.96. The monoisotopic (exact) mass is 254 g/mol. The van der Waals surface area contributed by atoms with Crippen LogP contribution in [-0.4, -0.2) is 0 Å². The lowest BCUT2D eigenvalue weighted by molar-refractivity contribution is 0.642. The lowest BCUT2D eigenvalue weighted by Gasteiger charge is -2.29. The fourth-order valence-corrected chi connectivity index (χ4v) is 2.54. The molecule has 100 valence electrons. The van der Waals surface area contributed by atoms with Gasteiger partial charge in [-0.3, -0.25) is 0 Å². The highest BCUT2D eigenvalue weighted by Crippen LogP contribution is 2.38. The van der Waals surface area contributed by atoms with Crippen LogP contribution >= 0.6 is 0 Å². The molecule has 0 unspecified atom stereocenters. The molecule has 0 saturated carbocycles. The van der Waals surface area contributed by atoms with E-state index in [0.717, 1.165) is 28.1 Å². The summed E-state index contributed by atoms with van der Waals surface area (Å²) in [7, 11) is 0. The summed E-state index contributed by atoms with van der Waals surface area (Å²) in [6, 6.07) is 12.5. The molecule has 0 aromatic heterocycles. The molecule has 0 aliphatic heterocycles. The third-order valence-electron chi connectivity index (χ3n) is 4.05. The van der Waals surface area contributed by atoms with Gasteiger partial charge in [0, 0.05) is 16.8 Å². The van der Waals surface area contributed by atoms with E-state index in [1.165, 1.54) is 5.56 Å². The lowest BCUT2D eigenvalue weighted by Crippen LogP contribution is -2.22. The Bertz CT molecular complexity index is 598. The van der Waals surface area contributed by atoms with Crippen molar-refractivity contribution in [1.29, 1.82) is 0 Å². The SMILES string of the molecule is Cc1cc(C(C)(C)c2ccccc2)c(N)c(C)c1N. The highest BCUT2D eigenvalue weighted by molar-refractivity contribution is 5.70. The molecular weight excluding hydrogens is 232 g/mol. The van der Waals surface area contributed by atoms with Crippen molar-refractivity contribution in [3.05, 3.63) is 58.7 Å². The zero-order chi connectivity index (χ0) is 14.2. The Balaban J connectivity index is 2.65. The zero-order valence-corrected chi connectivity index (χ0v) is 12.1. The maximum absolute atomic E-state index is 6.30. The molecule has 0 heterocycles. The Kier molecular flexibility index (Phi) is 3.27. The number of benzene rings is 2. The topological polar surface area (TPSA) is 52.0 Å². The second-order valence-corrected chi connectivity index (χ2v) is 5.68. The molecule has 19 heavy (non-hydrogen) atoms. The van der Waals surface area contributed by atoms with Crippen LogP contribution in [0.2, 0.25) is 0 Å². The molecule has 2 nitrogen and oxygen atoms in total. The first-order valence-electron chi connectivity index (χ1n) is 6.57. The normalized spacial score (nSPS) is 11.6. The summed E-state index contributed by atoms with van der Waals surface area (Å²) in [6.45, 7) is 8.42. The minimum absolute atomic E-state index is 0.130. The molecule has 0 saturated heterocycles. The third-order valence-corrected chi connectivity index (χ3v) is 4.05.